The third kappa shape index (κ3) is 7.61. The molecular formula is C35H42N8O5. The molecule has 4 aromatic heterocycles. The number of methoxy groups -OCH3 is 1. The summed E-state index contributed by atoms with van der Waals surface area (Å²) in [6.45, 7) is 12.8. The molecule has 0 N–H and O–H groups in total. The minimum atomic E-state index is -0.586. The summed E-state index contributed by atoms with van der Waals surface area (Å²) in [5.74, 6) is 2.08. The van der Waals surface area contributed by atoms with Gasteiger partial charge in [0.25, 0.3) is 0 Å². The smallest absolute Gasteiger partial charge is 0.410 e. The maximum Gasteiger partial charge on any atom is 0.410 e. The largest absolute Gasteiger partial charge is 0.489 e. The van der Waals surface area contributed by atoms with E-state index in [1.54, 1.807) is 28.9 Å². The molecule has 0 radical (unpaired) electrons. The minimum absolute atomic E-state index is 0.108. The number of carbonyl (C=O) groups excluding carboxylic acids is 1. The summed E-state index contributed by atoms with van der Waals surface area (Å²) >= 11 is 0. The Morgan fingerprint density at radius 2 is 1.90 bits per heavy atom. The van der Waals surface area contributed by atoms with Gasteiger partial charge in [-0.1, -0.05) is 6.07 Å². The lowest BCUT2D eigenvalue weighted by Crippen LogP contribution is -2.53. The van der Waals surface area contributed by atoms with E-state index in [1.807, 2.05) is 64.4 Å². The van der Waals surface area contributed by atoms with Gasteiger partial charge in [-0.15, -0.1) is 0 Å². The third-order valence-electron chi connectivity index (χ3n) is 8.44. The quantitative estimate of drug-likeness (QED) is 0.268. The monoisotopic (exact) mass is 654 g/mol. The van der Waals surface area contributed by atoms with Gasteiger partial charge >= 0.3 is 6.09 Å². The predicted octanol–water partition coefficient (Wildman–Crippen LogP) is 4.40. The first-order valence-corrected chi connectivity index (χ1v) is 16.2. The number of nitrogens with zero attached hydrogens (tertiary/aromatic N) is 8. The number of fused-ring (bicyclic) bond motifs is 1. The topological polar surface area (TPSA) is 131 Å². The van der Waals surface area contributed by atoms with Crippen LogP contribution in [-0.2, 0) is 16.0 Å². The number of aromatic nitrogens is 4. The normalized spacial score (nSPS) is 18.8. The SMILES string of the molecule is COc1ccc(CN2CCN(c3ccc(-c4cc(OC[C@@H]5CN(C(=O)OC(C)(C)C)[C@H](C)CO5)cn5ncc(C#N)c45)cn3)CC2)cn1. The van der Waals surface area contributed by atoms with Crippen molar-refractivity contribution >= 4 is 17.4 Å². The van der Waals surface area contributed by atoms with Gasteiger partial charge < -0.3 is 28.7 Å². The van der Waals surface area contributed by atoms with Gasteiger partial charge in [0.2, 0.25) is 5.88 Å². The molecule has 48 heavy (non-hydrogen) atoms. The summed E-state index contributed by atoms with van der Waals surface area (Å²) in [5, 5.41) is 14.2. The van der Waals surface area contributed by atoms with Crippen LogP contribution >= 0.6 is 0 Å². The van der Waals surface area contributed by atoms with Crippen molar-refractivity contribution in [1.82, 2.24) is 29.4 Å². The number of hydrogen-bond donors (Lipinski definition) is 0. The number of carbonyl (C=O) groups is 1. The molecule has 13 heteroatoms. The Labute approximate surface area is 280 Å². The average molecular weight is 655 g/mol. The summed E-state index contributed by atoms with van der Waals surface area (Å²) in [7, 11) is 1.62. The number of rotatable bonds is 8. The molecule has 0 unspecified atom stereocenters. The van der Waals surface area contributed by atoms with Crippen LogP contribution in [0.2, 0.25) is 0 Å². The fourth-order valence-electron chi connectivity index (χ4n) is 5.91. The van der Waals surface area contributed by atoms with Crippen LogP contribution in [0.15, 0.2) is 55.1 Å². The highest BCUT2D eigenvalue weighted by Crippen LogP contribution is 2.32. The summed E-state index contributed by atoms with van der Waals surface area (Å²) in [6.07, 6.45) is 6.30. The van der Waals surface area contributed by atoms with Gasteiger partial charge in [0.05, 0.1) is 49.8 Å². The van der Waals surface area contributed by atoms with E-state index in [0.717, 1.165) is 55.2 Å². The molecule has 0 aliphatic carbocycles. The van der Waals surface area contributed by atoms with E-state index in [0.29, 0.717) is 35.9 Å². The zero-order valence-corrected chi connectivity index (χ0v) is 28.1. The molecule has 0 spiro atoms. The lowest BCUT2D eigenvalue weighted by atomic mass is 10.1. The molecule has 252 valence electrons. The number of pyridine rings is 3. The van der Waals surface area contributed by atoms with Gasteiger partial charge in [0, 0.05) is 62.3 Å². The molecule has 2 atom stereocenters. The van der Waals surface area contributed by atoms with Gasteiger partial charge in [0.15, 0.2) is 0 Å². The molecule has 13 nitrogen and oxygen atoms in total. The molecular weight excluding hydrogens is 612 g/mol. The molecule has 2 fully saturated rings. The van der Waals surface area contributed by atoms with E-state index in [1.165, 1.54) is 0 Å². The molecule has 0 aromatic carbocycles. The molecule has 4 aromatic rings. The Balaban J connectivity index is 1.12. The highest BCUT2D eigenvalue weighted by atomic mass is 16.6. The van der Waals surface area contributed by atoms with Crippen LogP contribution in [0.25, 0.3) is 16.6 Å². The molecule has 0 bridgehead atoms. The molecule has 1 amide bonds. The van der Waals surface area contributed by atoms with E-state index in [2.05, 4.69) is 32.0 Å². The number of amides is 1. The zero-order chi connectivity index (χ0) is 33.8. The molecule has 2 aliphatic rings. The van der Waals surface area contributed by atoms with Crippen molar-refractivity contribution < 1.29 is 23.7 Å². The van der Waals surface area contributed by atoms with Crippen LogP contribution in [0.5, 0.6) is 11.6 Å². The zero-order valence-electron chi connectivity index (χ0n) is 28.1. The van der Waals surface area contributed by atoms with Crippen LogP contribution < -0.4 is 14.4 Å². The van der Waals surface area contributed by atoms with Crippen molar-refractivity contribution in [3.63, 3.8) is 0 Å². The Morgan fingerprint density at radius 1 is 1.08 bits per heavy atom. The Morgan fingerprint density at radius 3 is 2.56 bits per heavy atom. The first-order valence-electron chi connectivity index (χ1n) is 16.2. The second-order valence-electron chi connectivity index (χ2n) is 13.2. The molecule has 0 saturated carbocycles. The van der Waals surface area contributed by atoms with Gasteiger partial charge in [-0.05, 0) is 51.5 Å². The van der Waals surface area contributed by atoms with Crippen molar-refractivity contribution in [3.05, 3.63) is 66.2 Å². The minimum Gasteiger partial charge on any atom is -0.489 e. The predicted molar refractivity (Wildman–Crippen MR) is 179 cm³/mol. The van der Waals surface area contributed by atoms with Gasteiger partial charge in [0.1, 0.15) is 35.9 Å². The van der Waals surface area contributed by atoms with Crippen molar-refractivity contribution in [2.75, 3.05) is 57.9 Å². The lowest BCUT2D eigenvalue weighted by molar-refractivity contribution is -0.0775. The number of hydrogen-bond acceptors (Lipinski definition) is 11. The number of ether oxygens (including phenoxy) is 4. The van der Waals surface area contributed by atoms with Crippen molar-refractivity contribution in [2.45, 2.75) is 52.0 Å². The van der Waals surface area contributed by atoms with Gasteiger partial charge in [-0.25, -0.2) is 19.3 Å². The summed E-state index contributed by atoms with van der Waals surface area (Å²) in [5.41, 5.74) is 3.34. The number of nitriles is 1. The number of anilines is 1. The Hall–Kier alpha value is -4.93. The van der Waals surface area contributed by atoms with E-state index in [4.69, 9.17) is 23.9 Å². The summed E-state index contributed by atoms with van der Waals surface area (Å²) < 4.78 is 24.6. The number of morpholine rings is 1. The molecule has 2 saturated heterocycles. The number of piperazine rings is 1. The molecule has 6 rings (SSSR count). The van der Waals surface area contributed by atoms with Crippen LogP contribution in [0.3, 0.4) is 0 Å². The lowest BCUT2D eigenvalue weighted by Gasteiger charge is -2.38. The van der Waals surface area contributed by atoms with Gasteiger partial charge in [-0.2, -0.15) is 10.4 Å². The summed E-state index contributed by atoms with van der Waals surface area (Å²) in [6, 6.07) is 12.0. The van der Waals surface area contributed by atoms with E-state index in [-0.39, 0.29) is 24.8 Å². The second kappa shape index (κ2) is 14.0. The van der Waals surface area contributed by atoms with Crippen LogP contribution in [0.1, 0.15) is 38.8 Å². The maximum absolute atomic E-state index is 12.8. The van der Waals surface area contributed by atoms with E-state index >= 15 is 0 Å². The Bertz CT molecular complexity index is 1760. The van der Waals surface area contributed by atoms with E-state index in [9.17, 15) is 10.1 Å². The van der Waals surface area contributed by atoms with Gasteiger partial charge in [-0.3, -0.25) is 4.90 Å². The fraction of sp³-hybridized carbons (Fsp3) is 0.457. The second-order valence-corrected chi connectivity index (χ2v) is 13.2. The van der Waals surface area contributed by atoms with Crippen LogP contribution in [0, 0.1) is 11.3 Å². The van der Waals surface area contributed by atoms with Crippen molar-refractivity contribution in [2.24, 2.45) is 0 Å². The first kappa shape index (κ1) is 33.0. The van der Waals surface area contributed by atoms with E-state index < -0.39 is 5.60 Å². The molecule has 2 aliphatic heterocycles. The standard InChI is InChI=1S/C35H42N8O5/c1-24-22-46-29(20-42(24)34(44)48-35(2,3)4)23-47-28-14-30(33-27(15-36)18-39-43(33)21-28)26-7-8-31(37-17-26)41-12-10-40(11-13-41)19-25-6-9-32(45-5)38-16-25/h6-9,14,16-18,21,24,29H,10-13,19-20,22-23H2,1-5H3/t24-,29+/m1/s1. The third-order valence-corrected chi connectivity index (χ3v) is 8.44. The van der Waals surface area contributed by atoms with Crippen molar-refractivity contribution in [1.29, 1.82) is 5.26 Å². The molecule has 6 heterocycles. The van der Waals surface area contributed by atoms with Crippen LogP contribution in [0.4, 0.5) is 10.6 Å². The highest BCUT2D eigenvalue weighted by Gasteiger charge is 2.33. The fourth-order valence-corrected chi connectivity index (χ4v) is 5.91. The highest BCUT2D eigenvalue weighted by molar-refractivity contribution is 5.85. The average Bonchev–Trinajstić information content (AvgIpc) is 3.51. The van der Waals surface area contributed by atoms with Crippen LogP contribution in [-0.4, -0.2) is 106 Å². The maximum atomic E-state index is 12.8. The van der Waals surface area contributed by atoms with Crippen molar-refractivity contribution in [3.8, 4) is 28.8 Å². The Kier molecular flexibility index (Phi) is 9.66. The first-order chi connectivity index (χ1) is 23.1. The summed E-state index contributed by atoms with van der Waals surface area (Å²) in [4.78, 5) is 28.3.